The third-order valence-corrected chi connectivity index (χ3v) is 3.95. The normalized spacial score (nSPS) is 11.9. The maximum Gasteiger partial charge on any atom is 0.244 e. The summed E-state index contributed by atoms with van der Waals surface area (Å²) in [5.41, 5.74) is 1.07. The van der Waals surface area contributed by atoms with Crippen LogP contribution in [-0.2, 0) is 4.79 Å². The number of carbonyl (C=O) groups is 1. The van der Waals surface area contributed by atoms with Gasteiger partial charge in [0.1, 0.15) is 5.75 Å². The molecular formula is C20H21F2NO4. The summed E-state index contributed by atoms with van der Waals surface area (Å²) in [5.74, 6) is -0.789. The highest BCUT2D eigenvalue weighted by Gasteiger charge is 2.12. The van der Waals surface area contributed by atoms with Crippen LogP contribution in [0.2, 0.25) is 0 Å². The predicted molar refractivity (Wildman–Crippen MR) is 98.0 cm³/mol. The van der Waals surface area contributed by atoms with Crippen LogP contribution in [0.15, 0.2) is 36.4 Å². The van der Waals surface area contributed by atoms with Gasteiger partial charge < -0.3 is 19.5 Å². The number of rotatable bonds is 7. The van der Waals surface area contributed by atoms with E-state index in [0.717, 1.165) is 12.1 Å². The van der Waals surface area contributed by atoms with Gasteiger partial charge in [0.2, 0.25) is 5.91 Å². The van der Waals surface area contributed by atoms with Crippen molar-refractivity contribution in [2.45, 2.75) is 13.0 Å². The Morgan fingerprint density at radius 2 is 1.59 bits per heavy atom. The summed E-state index contributed by atoms with van der Waals surface area (Å²) in [4.78, 5) is 12.2. The summed E-state index contributed by atoms with van der Waals surface area (Å²) in [7, 11) is 4.53. The fraction of sp³-hybridized carbons (Fsp3) is 0.250. The minimum atomic E-state index is -0.959. The molecule has 0 radical (unpaired) electrons. The first-order chi connectivity index (χ1) is 12.9. The van der Waals surface area contributed by atoms with E-state index in [4.69, 9.17) is 14.2 Å². The van der Waals surface area contributed by atoms with E-state index in [1.54, 1.807) is 25.1 Å². The zero-order valence-corrected chi connectivity index (χ0v) is 15.5. The van der Waals surface area contributed by atoms with Crippen LogP contribution in [0.5, 0.6) is 17.2 Å². The number of nitrogens with one attached hydrogen (secondary N) is 1. The Bertz CT molecular complexity index is 852. The lowest BCUT2D eigenvalue weighted by Crippen LogP contribution is -2.24. The molecule has 1 N–H and O–H groups in total. The molecule has 144 valence electrons. The van der Waals surface area contributed by atoms with Crippen molar-refractivity contribution in [2.24, 2.45) is 0 Å². The molecule has 1 atom stereocenters. The maximum atomic E-state index is 13.3. The van der Waals surface area contributed by atoms with Crippen molar-refractivity contribution in [1.29, 1.82) is 0 Å². The van der Waals surface area contributed by atoms with Crippen molar-refractivity contribution < 1.29 is 27.8 Å². The van der Waals surface area contributed by atoms with Crippen molar-refractivity contribution in [3.63, 3.8) is 0 Å². The first-order valence-electron chi connectivity index (χ1n) is 8.13. The molecule has 0 spiro atoms. The molecule has 0 fully saturated rings. The minimum absolute atomic E-state index is 0.399. The van der Waals surface area contributed by atoms with Crippen LogP contribution in [0.25, 0.3) is 6.08 Å². The molecule has 0 aliphatic rings. The standard InChI is InChI=1S/C20H21F2NO4/c1-12(13-5-7-15(21)16(22)9-13)23-20(24)8-6-14-10-18(26-3)19(27-4)11-17(14)25-2/h5-12H,1-4H3,(H,23,24)/b8-6+. The molecule has 0 aliphatic heterocycles. The molecule has 1 amide bonds. The Morgan fingerprint density at radius 3 is 2.19 bits per heavy atom. The molecule has 27 heavy (non-hydrogen) atoms. The Morgan fingerprint density at radius 1 is 0.963 bits per heavy atom. The molecule has 0 heterocycles. The second-order valence-electron chi connectivity index (χ2n) is 5.69. The van der Waals surface area contributed by atoms with Gasteiger partial charge in [-0.15, -0.1) is 0 Å². The lowest BCUT2D eigenvalue weighted by molar-refractivity contribution is -0.117. The van der Waals surface area contributed by atoms with Gasteiger partial charge in [-0.05, 0) is 36.8 Å². The van der Waals surface area contributed by atoms with Gasteiger partial charge in [-0.2, -0.15) is 0 Å². The first kappa shape index (κ1) is 20.2. The summed E-state index contributed by atoms with van der Waals surface area (Å²) in [6, 6.07) is 6.34. The topological polar surface area (TPSA) is 56.8 Å². The van der Waals surface area contributed by atoms with Crippen molar-refractivity contribution in [3.8, 4) is 17.2 Å². The van der Waals surface area contributed by atoms with Crippen LogP contribution in [0.4, 0.5) is 8.78 Å². The minimum Gasteiger partial charge on any atom is -0.496 e. The van der Waals surface area contributed by atoms with Crippen molar-refractivity contribution in [2.75, 3.05) is 21.3 Å². The monoisotopic (exact) mass is 377 g/mol. The fourth-order valence-corrected chi connectivity index (χ4v) is 2.48. The second kappa shape index (κ2) is 9.02. The zero-order chi connectivity index (χ0) is 20.0. The fourth-order valence-electron chi connectivity index (χ4n) is 2.48. The summed E-state index contributed by atoms with van der Waals surface area (Å²) in [6.07, 6.45) is 2.88. The molecule has 1 unspecified atom stereocenters. The van der Waals surface area contributed by atoms with Crippen molar-refractivity contribution >= 4 is 12.0 Å². The van der Waals surface area contributed by atoms with E-state index in [1.165, 1.54) is 33.5 Å². The molecule has 0 saturated heterocycles. The van der Waals surface area contributed by atoms with Crippen LogP contribution in [-0.4, -0.2) is 27.2 Å². The molecule has 5 nitrogen and oxygen atoms in total. The smallest absolute Gasteiger partial charge is 0.244 e. The van der Waals surface area contributed by atoms with Crippen LogP contribution in [0.1, 0.15) is 24.1 Å². The molecule has 2 aromatic rings. The van der Waals surface area contributed by atoms with Crippen LogP contribution < -0.4 is 19.5 Å². The highest BCUT2D eigenvalue weighted by molar-refractivity contribution is 5.92. The van der Waals surface area contributed by atoms with E-state index in [2.05, 4.69) is 5.32 Å². The number of hydrogen-bond acceptors (Lipinski definition) is 4. The summed E-state index contributed by atoms with van der Waals surface area (Å²) >= 11 is 0. The van der Waals surface area contributed by atoms with Crippen molar-refractivity contribution in [1.82, 2.24) is 5.32 Å². The highest BCUT2D eigenvalue weighted by Crippen LogP contribution is 2.35. The van der Waals surface area contributed by atoms with Gasteiger partial charge >= 0.3 is 0 Å². The SMILES string of the molecule is COc1cc(OC)c(OC)cc1/C=C/C(=O)NC(C)c1ccc(F)c(F)c1. The quantitative estimate of drug-likeness (QED) is 0.744. The first-order valence-corrected chi connectivity index (χ1v) is 8.13. The van der Waals surface area contributed by atoms with E-state index >= 15 is 0 Å². The summed E-state index contributed by atoms with van der Waals surface area (Å²) in [5, 5.41) is 2.69. The lowest BCUT2D eigenvalue weighted by atomic mass is 10.1. The summed E-state index contributed by atoms with van der Waals surface area (Å²) in [6.45, 7) is 1.68. The summed E-state index contributed by atoms with van der Waals surface area (Å²) < 4.78 is 42.1. The van der Waals surface area contributed by atoms with Gasteiger partial charge in [0.15, 0.2) is 23.1 Å². The van der Waals surface area contributed by atoms with E-state index in [0.29, 0.717) is 28.4 Å². The van der Waals surface area contributed by atoms with E-state index < -0.39 is 23.6 Å². The molecule has 0 saturated carbocycles. The van der Waals surface area contributed by atoms with Gasteiger partial charge in [0.25, 0.3) is 0 Å². The number of ether oxygens (including phenoxy) is 3. The maximum absolute atomic E-state index is 13.3. The number of benzene rings is 2. The molecule has 0 aliphatic carbocycles. The molecule has 7 heteroatoms. The average molecular weight is 377 g/mol. The largest absolute Gasteiger partial charge is 0.496 e. The molecule has 2 rings (SSSR count). The third-order valence-electron chi connectivity index (χ3n) is 3.95. The molecule has 2 aromatic carbocycles. The predicted octanol–water partition coefficient (Wildman–Crippen LogP) is 3.88. The number of hydrogen-bond donors (Lipinski definition) is 1. The van der Waals surface area contributed by atoms with Crippen LogP contribution >= 0.6 is 0 Å². The lowest BCUT2D eigenvalue weighted by Gasteiger charge is -2.14. The van der Waals surface area contributed by atoms with Gasteiger partial charge in [-0.1, -0.05) is 6.07 Å². The molecule has 0 aromatic heterocycles. The van der Waals surface area contributed by atoms with Crippen LogP contribution in [0.3, 0.4) is 0 Å². The molecule has 0 bridgehead atoms. The number of methoxy groups -OCH3 is 3. The zero-order valence-electron chi connectivity index (χ0n) is 15.5. The van der Waals surface area contributed by atoms with Gasteiger partial charge in [-0.25, -0.2) is 8.78 Å². The van der Waals surface area contributed by atoms with E-state index in [9.17, 15) is 13.6 Å². The average Bonchev–Trinajstić information content (AvgIpc) is 2.67. The van der Waals surface area contributed by atoms with Gasteiger partial charge in [-0.3, -0.25) is 4.79 Å². The second-order valence-corrected chi connectivity index (χ2v) is 5.69. The Balaban J connectivity index is 2.14. The van der Waals surface area contributed by atoms with E-state index in [1.807, 2.05) is 0 Å². The van der Waals surface area contributed by atoms with Gasteiger partial charge in [0.05, 0.1) is 27.4 Å². The Labute approximate surface area is 156 Å². The number of amides is 1. The van der Waals surface area contributed by atoms with Crippen LogP contribution in [0, 0.1) is 11.6 Å². The Hall–Kier alpha value is -3.09. The number of carbonyl (C=O) groups excluding carboxylic acids is 1. The number of halogens is 2. The molecular weight excluding hydrogens is 356 g/mol. The van der Waals surface area contributed by atoms with Crippen molar-refractivity contribution in [3.05, 3.63) is 59.2 Å². The van der Waals surface area contributed by atoms with Gasteiger partial charge in [0, 0.05) is 17.7 Å². The van der Waals surface area contributed by atoms with E-state index in [-0.39, 0.29) is 0 Å². The Kier molecular flexibility index (Phi) is 6.76. The highest BCUT2D eigenvalue weighted by atomic mass is 19.2. The third kappa shape index (κ3) is 4.97.